The maximum absolute atomic E-state index is 12.1. The molecule has 2 aliphatic heterocycles. The summed E-state index contributed by atoms with van der Waals surface area (Å²) in [4.78, 5) is 19.5. The molecule has 1 amide bonds. The molecule has 1 atom stereocenters. The van der Waals surface area contributed by atoms with Crippen molar-refractivity contribution in [3.05, 3.63) is 0 Å². The summed E-state index contributed by atoms with van der Waals surface area (Å²) in [5, 5.41) is 4.07. The molecule has 0 radical (unpaired) electrons. The van der Waals surface area contributed by atoms with E-state index in [0.717, 1.165) is 37.9 Å². The van der Waals surface area contributed by atoms with Crippen LogP contribution in [0.2, 0.25) is 0 Å². The van der Waals surface area contributed by atoms with Gasteiger partial charge in [-0.15, -0.1) is 0 Å². The van der Waals surface area contributed by atoms with Crippen LogP contribution in [0.1, 0.15) is 53.4 Å². The van der Waals surface area contributed by atoms with Gasteiger partial charge in [-0.2, -0.15) is 0 Å². The molecule has 5 heteroatoms. The van der Waals surface area contributed by atoms with Gasteiger partial charge in [0.05, 0.1) is 5.71 Å². The van der Waals surface area contributed by atoms with E-state index in [1.165, 1.54) is 0 Å². The lowest BCUT2D eigenvalue weighted by Crippen LogP contribution is -2.38. The van der Waals surface area contributed by atoms with Crippen LogP contribution >= 0.6 is 0 Å². The fourth-order valence-corrected chi connectivity index (χ4v) is 2.65. The molecule has 2 rings (SSSR count). The van der Waals surface area contributed by atoms with Gasteiger partial charge >= 0.3 is 6.09 Å². The van der Waals surface area contributed by atoms with Crippen molar-refractivity contribution in [2.24, 2.45) is 5.16 Å². The Hall–Kier alpha value is -1.26. The van der Waals surface area contributed by atoms with E-state index in [1.54, 1.807) is 4.90 Å². The van der Waals surface area contributed by atoms with E-state index >= 15 is 0 Å². The average Bonchev–Trinajstić information content (AvgIpc) is 2.52. The third-order valence-electron chi connectivity index (χ3n) is 3.52. The first kappa shape index (κ1) is 14.2. The number of hydrogen-bond acceptors (Lipinski definition) is 4. The largest absolute Gasteiger partial charge is 0.444 e. The molecule has 0 aromatic rings. The second-order valence-corrected chi connectivity index (χ2v) is 6.60. The van der Waals surface area contributed by atoms with E-state index in [0.29, 0.717) is 6.54 Å². The molecule has 0 aliphatic carbocycles. The summed E-state index contributed by atoms with van der Waals surface area (Å²) < 4.78 is 5.42. The number of ether oxygens (including phenoxy) is 1. The van der Waals surface area contributed by atoms with Gasteiger partial charge in [-0.25, -0.2) is 4.79 Å². The van der Waals surface area contributed by atoms with E-state index in [9.17, 15) is 4.79 Å². The van der Waals surface area contributed by atoms with Crippen LogP contribution in [0.3, 0.4) is 0 Å². The number of carbonyl (C=O) groups is 1. The highest BCUT2D eigenvalue weighted by Gasteiger charge is 2.40. The number of rotatable bonds is 0. The molecule has 1 spiro atoms. The molecule has 0 bridgehead atoms. The van der Waals surface area contributed by atoms with Crippen molar-refractivity contribution in [2.75, 3.05) is 13.1 Å². The topological polar surface area (TPSA) is 51.1 Å². The quantitative estimate of drug-likeness (QED) is 0.678. The van der Waals surface area contributed by atoms with Crippen LogP contribution in [0.5, 0.6) is 0 Å². The van der Waals surface area contributed by atoms with Crippen molar-refractivity contribution in [1.82, 2.24) is 4.90 Å². The first-order valence-corrected chi connectivity index (χ1v) is 6.99. The van der Waals surface area contributed by atoms with Gasteiger partial charge in [-0.05, 0) is 40.5 Å². The number of amides is 1. The Morgan fingerprint density at radius 3 is 2.68 bits per heavy atom. The van der Waals surface area contributed by atoms with E-state index in [4.69, 9.17) is 9.57 Å². The predicted octanol–water partition coefficient (Wildman–Crippen LogP) is 2.94. The third-order valence-corrected chi connectivity index (χ3v) is 3.52. The van der Waals surface area contributed by atoms with Gasteiger partial charge in [0.25, 0.3) is 0 Å². The van der Waals surface area contributed by atoms with Crippen molar-refractivity contribution >= 4 is 11.8 Å². The molecule has 0 N–H and O–H groups in total. The summed E-state index contributed by atoms with van der Waals surface area (Å²) >= 11 is 0. The van der Waals surface area contributed by atoms with E-state index < -0.39 is 5.60 Å². The lowest BCUT2D eigenvalue weighted by Gasteiger charge is -2.27. The summed E-state index contributed by atoms with van der Waals surface area (Å²) in [5.41, 5.74) is 0.427. The fraction of sp³-hybridized carbons (Fsp3) is 0.857. The molecule has 108 valence electrons. The molecule has 2 heterocycles. The third kappa shape index (κ3) is 3.61. The molecule has 0 saturated carbocycles. The molecule has 19 heavy (non-hydrogen) atoms. The van der Waals surface area contributed by atoms with Gasteiger partial charge in [-0.3, -0.25) is 0 Å². The monoisotopic (exact) mass is 268 g/mol. The van der Waals surface area contributed by atoms with Gasteiger partial charge < -0.3 is 14.5 Å². The van der Waals surface area contributed by atoms with Crippen LogP contribution in [-0.2, 0) is 9.57 Å². The fourth-order valence-electron chi connectivity index (χ4n) is 2.65. The minimum atomic E-state index is -0.440. The predicted molar refractivity (Wildman–Crippen MR) is 73.2 cm³/mol. The zero-order chi connectivity index (χ0) is 14.1. The van der Waals surface area contributed by atoms with Crippen molar-refractivity contribution in [1.29, 1.82) is 0 Å². The molecule has 1 saturated heterocycles. The Kier molecular flexibility index (Phi) is 3.74. The van der Waals surface area contributed by atoms with Crippen molar-refractivity contribution in [2.45, 2.75) is 64.6 Å². The SMILES string of the molecule is CC1=NOC2(CCCN(C(=O)OC(C)(C)C)CC2)C1. The van der Waals surface area contributed by atoms with Gasteiger partial charge in [0.2, 0.25) is 0 Å². The second kappa shape index (κ2) is 5.02. The second-order valence-electron chi connectivity index (χ2n) is 6.60. The summed E-state index contributed by atoms with van der Waals surface area (Å²) in [7, 11) is 0. The normalized spacial score (nSPS) is 27.8. The number of oxime groups is 1. The Morgan fingerprint density at radius 2 is 2.11 bits per heavy atom. The minimum absolute atomic E-state index is 0.180. The molecule has 5 nitrogen and oxygen atoms in total. The summed E-state index contributed by atoms with van der Waals surface area (Å²) in [6.07, 6.45) is 3.37. The summed E-state index contributed by atoms with van der Waals surface area (Å²) in [6, 6.07) is 0. The van der Waals surface area contributed by atoms with E-state index in [1.807, 2.05) is 27.7 Å². The van der Waals surface area contributed by atoms with E-state index in [-0.39, 0.29) is 11.7 Å². The molecule has 0 aromatic heterocycles. The van der Waals surface area contributed by atoms with Crippen molar-refractivity contribution < 1.29 is 14.4 Å². The van der Waals surface area contributed by atoms with Crippen LogP contribution in [0.25, 0.3) is 0 Å². The first-order chi connectivity index (χ1) is 8.80. The van der Waals surface area contributed by atoms with E-state index in [2.05, 4.69) is 5.16 Å². The summed E-state index contributed by atoms with van der Waals surface area (Å²) in [6.45, 7) is 9.08. The van der Waals surface area contributed by atoms with Gasteiger partial charge in [0.15, 0.2) is 0 Å². The number of hydrogen-bond donors (Lipinski definition) is 0. The zero-order valence-electron chi connectivity index (χ0n) is 12.4. The van der Waals surface area contributed by atoms with Gasteiger partial charge in [-0.1, -0.05) is 5.16 Å². The maximum Gasteiger partial charge on any atom is 0.410 e. The standard InChI is InChI=1S/C14H24N2O3/c1-11-10-14(19-15-11)6-5-8-16(9-7-14)12(17)18-13(2,3)4/h5-10H2,1-4H3. The highest BCUT2D eigenvalue weighted by molar-refractivity contribution is 5.83. The Bertz CT molecular complexity index is 387. The first-order valence-electron chi connectivity index (χ1n) is 6.99. The Morgan fingerprint density at radius 1 is 1.37 bits per heavy atom. The van der Waals surface area contributed by atoms with Crippen LogP contribution in [0.15, 0.2) is 5.16 Å². The Balaban J connectivity index is 1.92. The zero-order valence-corrected chi connectivity index (χ0v) is 12.4. The molecule has 2 aliphatic rings. The maximum atomic E-state index is 12.1. The Labute approximate surface area is 114 Å². The molecular weight excluding hydrogens is 244 g/mol. The lowest BCUT2D eigenvalue weighted by atomic mass is 9.90. The van der Waals surface area contributed by atoms with Crippen LogP contribution in [0.4, 0.5) is 4.79 Å². The summed E-state index contributed by atoms with van der Waals surface area (Å²) in [5.74, 6) is 0. The molecule has 1 fully saturated rings. The molecule has 0 aromatic carbocycles. The van der Waals surface area contributed by atoms with Gasteiger partial charge in [0.1, 0.15) is 11.2 Å². The highest BCUT2D eigenvalue weighted by Crippen LogP contribution is 2.34. The van der Waals surface area contributed by atoms with Crippen LogP contribution < -0.4 is 0 Å². The number of likely N-dealkylation sites (tertiary alicyclic amines) is 1. The van der Waals surface area contributed by atoms with Gasteiger partial charge in [0, 0.05) is 25.9 Å². The van der Waals surface area contributed by atoms with Crippen molar-refractivity contribution in [3.8, 4) is 0 Å². The highest BCUT2D eigenvalue weighted by atomic mass is 16.7. The van der Waals surface area contributed by atoms with Crippen LogP contribution in [-0.4, -0.2) is 41.0 Å². The molecular formula is C14H24N2O3. The van der Waals surface area contributed by atoms with Crippen molar-refractivity contribution in [3.63, 3.8) is 0 Å². The average molecular weight is 268 g/mol. The minimum Gasteiger partial charge on any atom is -0.444 e. The van der Waals surface area contributed by atoms with Crippen LogP contribution in [0, 0.1) is 0 Å². The number of nitrogens with zero attached hydrogens (tertiary/aromatic N) is 2. The number of carbonyl (C=O) groups excluding carboxylic acids is 1. The smallest absolute Gasteiger partial charge is 0.410 e. The molecule has 1 unspecified atom stereocenters. The lowest BCUT2D eigenvalue weighted by molar-refractivity contribution is -0.0298.